The van der Waals surface area contributed by atoms with Crippen LogP contribution < -0.4 is 16.0 Å². The van der Waals surface area contributed by atoms with Gasteiger partial charge in [0.25, 0.3) is 5.91 Å². The Hall–Kier alpha value is -2.04. The maximum Gasteiger partial charge on any atom is 0.253 e. The van der Waals surface area contributed by atoms with Crippen LogP contribution in [-0.2, 0) is 4.79 Å². The second kappa shape index (κ2) is 8.13. The van der Waals surface area contributed by atoms with Gasteiger partial charge in [-0.3, -0.25) is 9.59 Å². The molecule has 5 heteroatoms. The van der Waals surface area contributed by atoms with E-state index in [1.807, 2.05) is 18.2 Å². The summed E-state index contributed by atoms with van der Waals surface area (Å²) in [5, 5.41) is 8.47. The van der Waals surface area contributed by atoms with Gasteiger partial charge in [0.15, 0.2) is 0 Å². The first kappa shape index (κ1) is 15.0. The minimum absolute atomic E-state index is 0.0855. The molecule has 0 unspecified atom stereocenters. The van der Waals surface area contributed by atoms with Gasteiger partial charge in [-0.25, -0.2) is 0 Å². The zero-order chi connectivity index (χ0) is 14.1. The molecule has 1 rings (SSSR count). The van der Waals surface area contributed by atoms with Crippen molar-refractivity contribution in [3.8, 4) is 0 Å². The fourth-order valence-corrected chi connectivity index (χ4v) is 1.60. The third-order valence-electron chi connectivity index (χ3n) is 2.65. The third-order valence-corrected chi connectivity index (χ3v) is 2.65. The minimum Gasteiger partial charge on any atom is -0.384 e. The number of carbonyl (C=O) groups is 2. The summed E-state index contributed by atoms with van der Waals surface area (Å²) in [5.41, 5.74) is 1.43. The maximum atomic E-state index is 12.0. The van der Waals surface area contributed by atoms with E-state index in [0.29, 0.717) is 12.1 Å². The average molecular weight is 263 g/mol. The van der Waals surface area contributed by atoms with E-state index in [2.05, 4.69) is 22.9 Å². The molecule has 0 radical (unpaired) electrons. The Morgan fingerprint density at radius 2 is 1.89 bits per heavy atom. The molecule has 0 spiro atoms. The maximum absolute atomic E-state index is 12.0. The second-order valence-electron chi connectivity index (χ2n) is 4.15. The first-order valence-corrected chi connectivity index (χ1v) is 6.50. The largest absolute Gasteiger partial charge is 0.384 e. The van der Waals surface area contributed by atoms with Crippen molar-refractivity contribution in [3.63, 3.8) is 0 Å². The first-order chi connectivity index (χ1) is 9.19. The zero-order valence-corrected chi connectivity index (χ0v) is 11.5. The molecule has 0 saturated carbocycles. The zero-order valence-electron chi connectivity index (χ0n) is 11.5. The quantitative estimate of drug-likeness (QED) is 0.696. The predicted octanol–water partition coefficient (Wildman–Crippen LogP) is 1.37. The summed E-state index contributed by atoms with van der Waals surface area (Å²) in [4.78, 5) is 23.1. The molecule has 104 valence electrons. The van der Waals surface area contributed by atoms with Gasteiger partial charge in [0.2, 0.25) is 5.91 Å². The average Bonchev–Trinajstić information content (AvgIpc) is 2.45. The van der Waals surface area contributed by atoms with E-state index in [0.717, 1.165) is 18.7 Å². The highest BCUT2D eigenvalue weighted by atomic mass is 16.2. The van der Waals surface area contributed by atoms with E-state index in [-0.39, 0.29) is 18.2 Å². The van der Waals surface area contributed by atoms with Gasteiger partial charge in [0.05, 0.1) is 5.56 Å². The number of amides is 2. The standard InChI is InChI=1S/C14H21N3O2/c1-3-9-16-12-7-5-4-6-11(12)14(19)17-10-8-13(18)15-2/h4-7,16H,3,8-10H2,1-2H3,(H,15,18)(H,17,19). The molecule has 5 nitrogen and oxygen atoms in total. The molecular weight excluding hydrogens is 242 g/mol. The van der Waals surface area contributed by atoms with Crippen molar-refractivity contribution in [2.24, 2.45) is 0 Å². The van der Waals surface area contributed by atoms with E-state index in [1.54, 1.807) is 13.1 Å². The molecule has 19 heavy (non-hydrogen) atoms. The Kier molecular flexibility index (Phi) is 6.43. The fourth-order valence-electron chi connectivity index (χ4n) is 1.60. The summed E-state index contributed by atoms with van der Waals surface area (Å²) < 4.78 is 0. The highest BCUT2D eigenvalue weighted by Gasteiger charge is 2.10. The molecule has 1 aromatic carbocycles. The van der Waals surface area contributed by atoms with Crippen LogP contribution in [0.2, 0.25) is 0 Å². The fraction of sp³-hybridized carbons (Fsp3) is 0.429. The number of benzene rings is 1. The number of para-hydroxylation sites is 1. The van der Waals surface area contributed by atoms with Crippen LogP contribution >= 0.6 is 0 Å². The van der Waals surface area contributed by atoms with Gasteiger partial charge in [-0.2, -0.15) is 0 Å². The molecule has 0 aliphatic heterocycles. The topological polar surface area (TPSA) is 70.2 Å². The predicted molar refractivity (Wildman–Crippen MR) is 76.2 cm³/mol. The van der Waals surface area contributed by atoms with Crippen molar-refractivity contribution in [2.75, 3.05) is 25.5 Å². The van der Waals surface area contributed by atoms with Gasteiger partial charge in [0.1, 0.15) is 0 Å². The van der Waals surface area contributed by atoms with E-state index in [9.17, 15) is 9.59 Å². The van der Waals surface area contributed by atoms with Crippen LogP contribution in [0, 0.1) is 0 Å². The van der Waals surface area contributed by atoms with Crippen molar-refractivity contribution in [3.05, 3.63) is 29.8 Å². The van der Waals surface area contributed by atoms with E-state index in [1.165, 1.54) is 0 Å². The lowest BCUT2D eigenvalue weighted by molar-refractivity contribution is -0.120. The van der Waals surface area contributed by atoms with Crippen LogP contribution in [0.15, 0.2) is 24.3 Å². The Bertz CT molecular complexity index is 432. The van der Waals surface area contributed by atoms with Gasteiger partial charge in [-0.15, -0.1) is 0 Å². The van der Waals surface area contributed by atoms with Crippen LogP contribution in [0.25, 0.3) is 0 Å². The minimum atomic E-state index is -0.164. The normalized spacial score (nSPS) is 9.79. The second-order valence-corrected chi connectivity index (χ2v) is 4.15. The van der Waals surface area contributed by atoms with Crippen molar-refractivity contribution in [1.82, 2.24) is 10.6 Å². The molecule has 2 amide bonds. The van der Waals surface area contributed by atoms with Crippen LogP contribution in [0.1, 0.15) is 30.1 Å². The summed E-state index contributed by atoms with van der Waals surface area (Å²) in [5.74, 6) is -0.249. The Morgan fingerprint density at radius 1 is 1.16 bits per heavy atom. The highest BCUT2D eigenvalue weighted by Crippen LogP contribution is 2.14. The summed E-state index contributed by atoms with van der Waals surface area (Å²) in [6, 6.07) is 7.36. The molecule has 0 atom stereocenters. The summed E-state index contributed by atoms with van der Waals surface area (Å²) in [7, 11) is 1.58. The number of anilines is 1. The first-order valence-electron chi connectivity index (χ1n) is 6.50. The molecule has 0 aromatic heterocycles. The van der Waals surface area contributed by atoms with Crippen LogP contribution in [-0.4, -0.2) is 32.0 Å². The molecule has 1 aromatic rings. The molecule has 0 fully saturated rings. The molecule has 0 aliphatic carbocycles. The van der Waals surface area contributed by atoms with Gasteiger partial charge >= 0.3 is 0 Å². The van der Waals surface area contributed by atoms with E-state index in [4.69, 9.17) is 0 Å². The number of hydrogen-bond donors (Lipinski definition) is 3. The molecule has 3 N–H and O–H groups in total. The number of carbonyl (C=O) groups excluding carboxylic acids is 2. The summed E-state index contributed by atoms with van der Waals surface area (Å²) in [6.07, 6.45) is 1.28. The van der Waals surface area contributed by atoms with Gasteiger partial charge in [0, 0.05) is 32.2 Å². The van der Waals surface area contributed by atoms with Crippen LogP contribution in [0.5, 0.6) is 0 Å². The lowest BCUT2D eigenvalue weighted by Crippen LogP contribution is -2.29. The third kappa shape index (κ3) is 4.99. The number of rotatable bonds is 7. The molecule has 0 bridgehead atoms. The Labute approximate surface area is 113 Å². The number of hydrogen-bond acceptors (Lipinski definition) is 3. The van der Waals surface area contributed by atoms with Crippen molar-refractivity contribution in [1.29, 1.82) is 0 Å². The lowest BCUT2D eigenvalue weighted by atomic mass is 10.1. The lowest BCUT2D eigenvalue weighted by Gasteiger charge is -2.11. The van der Waals surface area contributed by atoms with Crippen LogP contribution in [0.3, 0.4) is 0 Å². The molecular formula is C14H21N3O2. The van der Waals surface area contributed by atoms with Gasteiger partial charge < -0.3 is 16.0 Å². The molecule has 0 saturated heterocycles. The monoisotopic (exact) mass is 263 g/mol. The van der Waals surface area contributed by atoms with E-state index >= 15 is 0 Å². The summed E-state index contributed by atoms with van der Waals surface area (Å²) >= 11 is 0. The Balaban J connectivity index is 2.58. The van der Waals surface area contributed by atoms with Gasteiger partial charge in [-0.05, 0) is 18.6 Å². The highest BCUT2D eigenvalue weighted by molar-refractivity contribution is 5.99. The smallest absolute Gasteiger partial charge is 0.253 e. The van der Waals surface area contributed by atoms with Crippen LogP contribution in [0.4, 0.5) is 5.69 Å². The van der Waals surface area contributed by atoms with Crippen molar-refractivity contribution < 1.29 is 9.59 Å². The summed E-state index contributed by atoms with van der Waals surface area (Å²) in [6.45, 7) is 3.22. The van der Waals surface area contributed by atoms with Crippen molar-refractivity contribution >= 4 is 17.5 Å². The van der Waals surface area contributed by atoms with E-state index < -0.39 is 0 Å². The Morgan fingerprint density at radius 3 is 2.58 bits per heavy atom. The molecule has 0 aliphatic rings. The van der Waals surface area contributed by atoms with Gasteiger partial charge in [-0.1, -0.05) is 19.1 Å². The SMILES string of the molecule is CCCNc1ccccc1C(=O)NCCC(=O)NC. The molecule has 0 heterocycles. The number of nitrogens with one attached hydrogen (secondary N) is 3. The van der Waals surface area contributed by atoms with Crippen molar-refractivity contribution in [2.45, 2.75) is 19.8 Å².